The summed E-state index contributed by atoms with van der Waals surface area (Å²) in [5.74, 6) is 0.932. The van der Waals surface area contributed by atoms with Crippen molar-refractivity contribution in [3.63, 3.8) is 0 Å². The smallest absolute Gasteiger partial charge is 0.155 e. The standard InChI is InChI=1S/C15H22O3/c1-9(2)5-12(16)6-10(3)13-8-14-11(4)7-15(13)18-17-14/h5,7,10,13-15H,6,8H2,1-4H3/t10-,13+,14+,15+/m1/s1. The summed E-state index contributed by atoms with van der Waals surface area (Å²) in [4.78, 5) is 22.4. The average molecular weight is 250 g/mol. The lowest BCUT2D eigenvalue weighted by atomic mass is 9.76. The minimum Gasteiger partial charge on any atom is -0.295 e. The fourth-order valence-electron chi connectivity index (χ4n) is 2.81. The highest BCUT2D eigenvalue weighted by Gasteiger charge is 2.40. The molecule has 2 aliphatic heterocycles. The monoisotopic (exact) mass is 250 g/mol. The lowest BCUT2D eigenvalue weighted by Crippen LogP contribution is -2.43. The van der Waals surface area contributed by atoms with Crippen LogP contribution in [-0.4, -0.2) is 18.0 Å². The Morgan fingerprint density at radius 2 is 2.22 bits per heavy atom. The Kier molecular flexibility index (Phi) is 4.03. The van der Waals surface area contributed by atoms with Gasteiger partial charge < -0.3 is 0 Å². The van der Waals surface area contributed by atoms with Crippen molar-refractivity contribution in [1.29, 1.82) is 0 Å². The maximum Gasteiger partial charge on any atom is 0.155 e. The summed E-state index contributed by atoms with van der Waals surface area (Å²) < 4.78 is 0. The fourth-order valence-corrected chi connectivity index (χ4v) is 2.81. The van der Waals surface area contributed by atoms with E-state index in [0.717, 1.165) is 12.0 Å². The molecule has 18 heavy (non-hydrogen) atoms. The molecule has 3 heteroatoms. The molecule has 0 aromatic carbocycles. The van der Waals surface area contributed by atoms with Crippen LogP contribution in [0.3, 0.4) is 0 Å². The Hall–Kier alpha value is -0.930. The highest BCUT2D eigenvalue weighted by molar-refractivity contribution is 5.90. The maximum absolute atomic E-state index is 11.8. The molecule has 100 valence electrons. The Labute approximate surface area is 109 Å². The number of carbonyl (C=O) groups excluding carboxylic acids is 1. The summed E-state index contributed by atoms with van der Waals surface area (Å²) in [6.07, 6.45) is 5.54. The van der Waals surface area contributed by atoms with Gasteiger partial charge in [-0.15, -0.1) is 0 Å². The molecular formula is C15H22O3. The van der Waals surface area contributed by atoms with Gasteiger partial charge in [-0.2, -0.15) is 0 Å². The molecule has 4 atom stereocenters. The second kappa shape index (κ2) is 5.37. The predicted molar refractivity (Wildman–Crippen MR) is 69.8 cm³/mol. The van der Waals surface area contributed by atoms with Gasteiger partial charge in [-0.25, -0.2) is 9.78 Å². The summed E-state index contributed by atoms with van der Waals surface area (Å²) in [6, 6.07) is 0. The Bertz CT molecular complexity index is 391. The summed E-state index contributed by atoms with van der Waals surface area (Å²) in [5.41, 5.74) is 2.32. The topological polar surface area (TPSA) is 35.5 Å². The summed E-state index contributed by atoms with van der Waals surface area (Å²) >= 11 is 0. The van der Waals surface area contributed by atoms with Gasteiger partial charge in [-0.3, -0.25) is 4.79 Å². The Morgan fingerprint density at radius 3 is 2.72 bits per heavy atom. The van der Waals surface area contributed by atoms with Crippen molar-refractivity contribution in [2.75, 3.05) is 0 Å². The first-order valence-electron chi connectivity index (χ1n) is 6.65. The molecular weight excluding hydrogens is 228 g/mol. The molecule has 1 saturated heterocycles. The lowest BCUT2D eigenvalue weighted by Gasteiger charge is -2.41. The second-order valence-electron chi connectivity index (χ2n) is 5.83. The van der Waals surface area contributed by atoms with Gasteiger partial charge in [0, 0.05) is 6.42 Å². The molecule has 0 amide bonds. The largest absolute Gasteiger partial charge is 0.295 e. The van der Waals surface area contributed by atoms with E-state index in [0.29, 0.717) is 18.3 Å². The number of rotatable bonds is 4. The van der Waals surface area contributed by atoms with E-state index in [1.807, 2.05) is 13.8 Å². The number of carbonyl (C=O) groups is 1. The van der Waals surface area contributed by atoms with Crippen molar-refractivity contribution in [3.8, 4) is 0 Å². The SMILES string of the molecule is CC(C)=CC(=O)C[C@@H](C)[C@@H]1C[C@@H]2OO[C@H]1C=C2C. The van der Waals surface area contributed by atoms with E-state index in [1.165, 1.54) is 5.57 Å². The molecule has 3 rings (SSSR count). The van der Waals surface area contributed by atoms with Crippen LogP contribution in [0.5, 0.6) is 0 Å². The van der Waals surface area contributed by atoms with E-state index in [4.69, 9.17) is 9.78 Å². The number of hydrogen-bond acceptors (Lipinski definition) is 3. The summed E-state index contributed by atoms with van der Waals surface area (Å²) in [7, 11) is 0. The number of hydrogen-bond donors (Lipinski definition) is 0. The molecule has 0 aromatic rings. The van der Waals surface area contributed by atoms with Crippen molar-refractivity contribution in [3.05, 3.63) is 23.3 Å². The van der Waals surface area contributed by atoms with Gasteiger partial charge in [0.05, 0.1) is 0 Å². The third kappa shape index (κ3) is 2.90. The van der Waals surface area contributed by atoms with Gasteiger partial charge in [0.25, 0.3) is 0 Å². The van der Waals surface area contributed by atoms with Crippen LogP contribution < -0.4 is 0 Å². The zero-order chi connectivity index (χ0) is 13.3. The molecule has 3 aliphatic rings. The van der Waals surface area contributed by atoms with Crippen LogP contribution >= 0.6 is 0 Å². The maximum atomic E-state index is 11.8. The molecule has 0 N–H and O–H groups in total. The van der Waals surface area contributed by atoms with Crippen LogP contribution in [0.25, 0.3) is 0 Å². The summed E-state index contributed by atoms with van der Waals surface area (Å²) in [5, 5.41) is 0. The zero-order valence-electron chi connectivity index (χ0n) is 11.6. The van der Waals surface area contributed by atoms with Crippen molar-refractivity contribution >= 4 is 5.78 Å². The van der Waals surface area contributed by atoms with Gasteiger partial charge in [-0.1, -0.05) is 18.6 Å². The molecule has 0 spiro atoms. The lowest BCUT2D eigenvalue weighted by molar-refractivity contribution is -0.380. The van der Waals surface area contributed by atoms with E-state index in [1.54, 1.807) is 6.08 Å². The number of ketones is 1. The van der Waals surface area contributed by atoms with Crippen LogP contribution in [0.15, 0.2) is 23.3 Å². The minimum atomic E-state index is 0.0181. The van der Waals surface area contributed by atoms with E-state index in [-0.39, 0.29) is 18.0 Å². The molecule has 0 saturated carbocycles. The fraction of sp³-hybridized carbons (Fsp3) is 0.667. The van der Waals surface area contributed by atoms with Gasteiger partial charge in [-0.05, 0) is 50.7 Å². The first-order valence-corrected chi connectivity index (χ1v) is 6.65. The van der Waals surface area contributed by atoms with Crippen molar-refractivity contribution < 1.29 is 14.6 Å². The number of allylic oxidation sites excluding steroid dienone is 2. The third-order valence-electron chi connectivity index (χ3n) is 3.83. The predicted octanol–water partition coefficient (Wildman–Crippen LogP) is 3.21. The van der Waals surface area contributed by atoms with Gasteiger partial charge in [0.15, 0.2) is 5.78 Å². The van der Waals surface area contributed by atoms with Crippen molar-refractivity contribution in [2.45, 2.75) is 52.7 Å². The first-order chi connectivity index (χ1) is 8.47. The summed E-state index contributed by atoms with van der Waals surface area (Å²) in [6.45, 7) is 8.12. The Morgan fingerprint density at radius 1 is 1.50 bits per heavy atom. The third-order valence-corrected chi connectivity index (χ3v) is 3.83. The molecule has 2 bridgehead atoms. The van der Waals surface area contributed by atoms with Crippen molar-refractivity contribution in [2.24, 2.45) is 11.8 Å². The van der Waals surface area contributed by atoms with E-state index >= 15 is 0 Å². The van der Waals surface area contributed by atoms with E-state index < -0.39 is 0 Å². The van der Waals surface area contributed by atoms with Crippen LogP contribution in [0.2, 0.25) is 0 Å². The molecule has 0 radical (unpaired) electrons. The molecule has 2 heterocycles. The molecule has 0 aromatic heterocycles. The van der Waals surface area contributed by atoms with Gasteiger partial charge in [0.2, 0.25) is 0 Å². The van der Waals surface area contributed by atoms with E-state index in [9.17, 15) is 4.79 Å². The minimum absolute atomic E-state index is 0.0181. The molecule has 3 nitrogen and oxygen atoms in total. The van der Waals surface area contributed by atoms with Crippen LogP contribution in [-0.2, 0) is 14.6 Å². The zero-order valence-corrected chi connectivity index (χ0v) is 11.6. The molecule has 1 fully saturated rings. The molecule has 1 aliphatic carbocycles. The highest BCUT2D eigenvalue weighted by Crippen LogP contribution is 2.39. The van der Waals surface area contributed by atoms with E-state index in [2.05, 4.69) is 19.9 Å². The van der Waals surface area contributed by atoms with Crippen molar-refractivity contribution in [1.82, 2.24) is 0 Å². The van der Waals surface area contributed by atoms with Crippen LogP contribution in [0.4, 0.5) is 0 Å². The van der Waals surface area contributed by atoms with Crippen LogP contribution in [0, 0.1) is 11.8 Å². The average Bonchev–Trinajstić information content (AvgIpc) is 2.28. The van der Waals surface area contributed by atoms with Gasteiger partial charge in [0.1, 0.15) is 12.2 Å². The normalized spacial score (nSPS) is 31.8. The molecule has 0 unspecified atom stereocenters. The number of fused-ring (bicyclic) bond motifs is 2. The quantitative estimate of drug-likeness (QED) is 0.436. The second-order valence-corrected chi connectivity index (χ2v) is 5.83. The first kappa shape index (κ1) is 13.5. The highest BCUT2D eigenvalue weighted by atomic mass is 17.2. The van der Waals surface area contributed by atoms with Gasteiger partial charge >= 0.3 is 0 Å². The Balaban J connectivity index is 1.97. The van der Waals surface area contributed by atoms with Crippen LogP contribution in [0.1, 0.15) is 40.5 Å².